The highest BCUT2D eigenvalue weighted by Gasteiger charge is 2.24. The number of carbonyl (C=O) groups is 2. The zero-order valence-electron chi connectivity index (χ0n) is 20.4. The number of hydrogen-bond donors (Lipinski definition) is 0. The van der Waals surface area contributed by atoms with Crippen molar-refractivity contribution in [2.45, 2.75) is 52.7 Å². The number of anilines is 1. The van der Waals surface area contributed by atoms with E-state index in [1.807, 2.05) is 51.8 Å². The lowest BCUT2D eigenvalue weighted by atomic mass is 10.1. The third-order valence-electron chi connectivity index (χ3n) is 6.27. The Morgan fingerprint density at radius 1 is 1.09 bits per heavy atom. The number of aromatic nitrogens is 2. The molecule has 0 N–H and O–H groups in total. The Morgan fingerprint density at radius 2 is 1.88 bits per heavy atom. The third kappa shape index (κ3) is 6.65. The van der Waals surface area contributed by atoms with Gasteiger partial charge < -0.3 is 19.1 Å². The molecule has 0 unspecified atom stereocenters. The molecule has 0 spiro atoms. The first-order valence-electron chi connectivity index (χ1n) is 11.8. The molecule has 0 aliphatic carbocycles. The monoisotopic (exact) mass is 455 g/mol. The van der Waals surface area contributed by atoms with Crippen molar-refractivity contribution in [3.05, 3.63) is 48.0 Å². The number of ether oxygens (including phenoxy) is 1. The molecule has 0 radical (unpaired) electrons. The van der Waals surface area contributed by atoms with Crippen LogP contribution in [-0.4, -0.2) is 77.1 Å². The molecule has 2 amide bonds. The second kappa shape index (κ2) is 12.0. The average Bonchev–Trinajstić information content (AvgIpc) is 3.19. The SMILES string of the molecule is COCC(=O)N1CCCN(C(C)C)CCN(C(=O)CCn2ccnc2C)Cc2ccccc21. The third-order valence-corrected chi connectivity index (χ3v) is 6.27. The van der Waals surface area contributed by atoms with Crippen molar-refractivity contribution in [3.8, 4) is 0 Å². The van der Waals surface area contributed by atoms with Crippen LogP contribution < -0.4 is 4.90 Å². The molecular weight excluding hydrogens is 418 g/mol. The predicted octanol–water partition coefficient (Wildman–Crippen LogP) is 2.70. The Morgan fingerprint density at radius 3 is 2.58 bits per heavy atom. The van der Waals surface area contributed by atoms with E-state index in [0.717, 1.165) is 36.6 Å². The minimum absolute atomic E-state index is 0.0368. The van der Waals surface area contributed by atoms with E-state index in [-0.39, 0.29) is 18.4 Å². The van der Waals surface area contributed by atoms with Crippen LogP contribution in [0, 0.1) is 6.92 Å². The Balaban J connectivity index is 1.87. The maximum Gasteiger partial charge on any atom is 0.252 e. The molecule has 1 aromatic heterocycles. The highest BCUT2D eigenvalue weighted by atomic mass is 16.5. The first-order chi connectivity index (χ1) is 15.9. The number of amides is 2. The van der Waals surface area contributed by atoms with E-state index < -0.39 is 0 Å². The van der Waals surface area contributed by atoms with Gasteiger partial charge in [-0.15, -0.1) is 0 Å². The van der Waals surface area contributed by atoms with E-state index in [1.54, 1.807) is 13.3 Å². The zero-order chi connectivity index (χ0) is 23.8. The Bertz CT molecular complexity index is 926. The maximum absolute atomic E-state index is 13.3. The minimum atomic E-state index is -0.0613. The summed E-state index contributed by atoms with van der Waals surface area (Å²) >= 11 is 0. The van der Waals surface area contributed by atoms with Crippen molar-refractivity contribution in [1.29, 1.82) is 0 Å². The molecule has 33 heavy (non-hydrogen) atoms. The van der Waals surface area contributed by atoms with Gasteiger partial charge in [0.15, 0.2) is 0 Å². The van der Waals surface area contributed by atoms with Crippen LogP contribution in [0.3, 0.4) is 0 Å². The summed E-state index contributed by atoms with van der Waals surface area (Å²) in [5, 5.41) is 0. The van der Waals surface area contributed by atoms with Gasteiger partial charge in [-0.1, -0.05) is 18.2 Å². The van der Waals surface area contributed by atoms with Gasteiger partial charge in [0.25, 0.3) is 5.91 Å². The van der Waals surface area contributed by atoms with Crippen LogP contribution >= 0.6 is 0 Å². The Hall–Kier alpha value is -2.71. The van der Waals surface area contributed by atoms with E-state index in [1.165, 1.54) is 0 Å². The number of carbonyl (C=O) groups excluding carboxylic acids is 2. The quantitative estimate of drug-likeness (QED) is 0.670. The summed E-state index contributed by atoms with van der Waals surface area (Å²) in [6.07, 6.45) is 4.93. The summed E-state index contributed by atoms with van der Waals surface area (Å²) in [5.41, 5.74) is 1.84. The molecule has 180 valence electrons. The van der Waals surface area contributed by atoms with Crippen LogP contribution in [0.25, 0.3) is 0 Å². The fourth-order valence-electron chi connectivity index (χ4n) is 4.31. The summed E-state index contributed by atoms with van der Waals surface area (Å²) in [5.74, 6) is 0.952. The molecule has 0 saturated carbocycles. The molecular formula is C25H37N5O3. The second-order valence-electron chi connectivity index (χ2n) is 8.82. The summed E-state index contributed by atoms with van der Waals surface area (Å²) in [6, 6.07) is 8.26. The first-order valence-corrected chi connectivity index (χ1v) is 11.8. The summed E-state index contributed by atoms with van der Waals surface area (Å²) in [6.45, 7) is 10.4. The molecule has 0 bridgehead atoms. The maximum atomic E-state index is 13.3. The van der Waals surface area contributed by atoms with Crippen LogP contribution in [0.2, 0.25) is 0 Å². The molecule has 3 rings (SSSR count). The summed E-state index contributed by atoms with van der Waals surface area (Å²) in [7, 11) is 1.54. The van der Waals surface area contributed by atoms with Crippen molar-refractivity contribution < 1.29 is 14.3 Å². The van der Waals surface area contributed by atoms with Crippen LogP contribution in [0.5, 0.6) is 0 Å². The van der Waals surface area contributed by atoms with Gasteiger partial charge >= 0.3 is 0 Å². The number of nitrogens with zero attached hydrogens (tertiary/aromatic N) is 5. The van der Waals surface area contributed by atoms with Gasteiger partial charge in [-0.3, -0.25) is 14.5 Å². The van der Waals surface area contributed by atoms with Gasteiger partial charge in [0, 0.05) is 76.9 Å². The molecule has 1 aliphatic heterocycles. The topological polar surface area (TPSA) is 70.9 Å². The first kappa shape index (κ1) is 24.9. The van der Waals surface area contributed by atoms with Crippen molar-refractivity contribution >= 4 is 17.5 Å². The predicted molar refractivity (Wildman–Crippen MR) is 129 cm³/mol. The molecule has 2 aromatic rings. The van der Waals surface area contributed by atoms with Crippen molar-refractivity contribution in [3.63, 3.8) is 0 Å². The number of rotatable bonds is 6. The molecule has 0 fully saturated rings. The molecule has 2 heterocycles. The van der Waals surface area contributed by atoms with Gasteiger partial charge in [-0.2, -0.15) is 0 Å². The summed E-state index contributed by atoms with van der Waals surface area (Å²) in [4.78, 5) is 36.6. The zero-order valence-corrected chi connectivity index (χ0v) is 20.4. The molecule has 8 heteroatoms. The lowest BCUT2D eigenvalue weighted by Crippen LogP contribution is -2.41. The smallest absolute Gasteiger partial charge is 0.252 e. The van der Waals surface area contributed by atoms with E-state index in [9.17, 15) is 9.59 Å². The van der Waals surface area contributed by atoms with E-state index in [4.69, 9.17) is 4.74 Å². The standard InChI is InChI=1S/C25H37N5O3/c1-20(2)27-12-7-13-30(25(32)19-33-4)23-9-6-5-8-22(23)18-29(17-16-27)24(31)10-14-28-15-11-26-21(28)3/h5-6,8-9,11,15,20H,7,10,12-14,16-19H2,1-4H3. The number of imidazole rings is 1. The number of benzene rings is 1. The number of fused-ring (bicyclic) bond motifs is 1. The van der Waals surface area contributed by atoms with Crippen LogP contribution in [0.4, 0.5) is 5.69 Å². The lowest BCUT2D eigenvalue weighted by Gasteiger charge is -2.30. The van der Waals surface area contributed by atoms with Crippen molar-refractivity contribution in [2.24, 2.45) is 0 Å². The van der Waals surface area contributed by atoms with Crippen LogP contribution in [0.15, 0.2) is 36.7 Å². The van der Waals surface area contributed by atoms with Crippen LogP contribution in [-0.2, 0) is 27.4 Å². The van der Waals surface area contributed by atoms with Crippen LogP contribution in [0.1, 0.15) is 38.1 Å². The van der Waals surface area contributed by atoms with E-state index in [2.05, 4.69) is 23.7 Å². The largest absolute Gasteiger partial charge is 0.375 e. The number of aryl methyl sites for hydroxylation is 2. The number of methoxy groups -OCH3 is 1. The lowest BCUT2D eigenvalue weighted by molar-refractivity contribution is -0.132. The molecule has 0 saturated heterocycles. The van der Waals surface area contributed by atoms with E-state index in [0.29, 0.717) is 38.6 Å². The fraction of sp³-hybridized carbons (Fsp3) is 0.560. The van der Waals surface area contributed by atoms with Gasteiger partial charge in [0.2, 0.25) is 5.91 Å². The van der Waals surface area contributed by atoms with Gasteiger partial charge in [0.05, 0.1) is 0 Å². The van der Waals surface area contributed by atoms with E-state index >= 15 is 0 Å². The average molecular weight is 456 g/mol. The highest BCUT2D eigenvalue weighted by Crippen LogP contribution is 2.24. The fourth-order valence-corrected chi connectivity index (χ4v) is 4.31. The molecule has 1 aliphatic rings. The normalized spacial score (nSPS) is 15.9. The summed E-state index contributed by atoms with van der Waals surface area (Å²) < 4.78 is 7.15. The Kier molecular flexibility index (Phi) is 9.03. The van der Waals surface area contributed by atoms with Crippen molar-refractivity contribution in [1.82, 2.24) is 19.4 Å². The van der Waals surface area contributed by atoms with Gasteiger partial charge in [-0.05, 0) is 38.8 Å². The highest BCUT2D eigenvalue weighted by molar-refractivity contribution is 5.95. The molecule has 8 nitrogen and oxygen atoms in total. The van der Waals surface area contributed by atoms with Gasteiger partial charge in [0.1, 0.15) is 12.4 Å². The second-order valence-corrected chi connectivity index (χ2v) is 8.82. The number of hydrogen-bond acceptors (Lipinski definition) is 5. The molecule has 1 aromatic carbocycles. The Labute approximate surface area is 197 Å². The minimum Gasteiger partial charge on any atom is -0.375 e. The van der Waals surface area contributed by atoms with Crippen molar-refractivity contribution in [2.75, 3.05) is 44.8 Å². The molecule has 0 atom stereocenters. The van der Waals surface area contributed by atoms with Gasteiger partial charge in [-0.25, -0.2) is 4.98 Å². The number of para-hydroxylation sites is 1.